The summed E-state index contributed by atoms with van der Waals surface area (Å²) in [6, 6.07) is 16.2. The van der Waals surface area contributed by atoms with Gasteiger partial charge in [-0.2, -0.15) is 0 Å². The molecule has 6 heteroatoms. The molecule has 2 aromatic rings. The van der Waals surface area contributed by atoms with Crippen molar-refractivity contribution in [3.8, 4) is 5.75 Å². The zero-order valence-electron chi connectivity index (χ0n) is 14.7. The van der Waals surface area contributed by atoms with Gasteiger partial charge in [-0.05, 0) is 11.6 Å². The van der Waals surface area contributed by atoms with E-state index in [-0.39, 0.29) is 13.2 Å². The van der Waals surface area contributed by atoms with Crippen LogP contribution in [0.25, 0.3) is 0 Å². The molecule has 1 aliphatic heterocycles. The molecule has 136 valence electrons. The van der Waals surface area contributed by atoms with E-state index in [2.05, 4.69) is 0 Å². The van der Waals surface area contributed by atoms with E-state index in [4.69, 9.17) is 9.47 Å². The SMILES string of the molecule is CC1COc2ccccc2C1(C(=O)O)N(C)C(=O)OCc1ccccc1. The lowest BCUT2D eigenvalue weighted by molar-refractivity contribution is -0.157. The third kappa shape index (κ3) is 2.87. The highest BCUT2D eigenvalue weighted by molar-refractivity contribution is 5.87. The summed E-state index contributed by atoms with van der Waals surface area (Å²) >= 11 is 0. The summed E-state index contributed by atoms with van der Waals surface area (Å²) in [5, 5.41) is 10.1. The molecule has 1 heterocycles. The van der Waals surface area contributed by atoms with Gasteiger partial charge >= 0.3 is 12.1 Å². The van der Waals surface area contributed by atoms with E-state index >= 15 is 0 Å². The lowest BCUT2D eigenvalue weighted by Gasteiger charge is -2.45. The number of likely N-dealkylation sites (N-methyl/N-ethyl adjacent to an activating group) is 1. The van der Waals surface area contributed by atoms with Gasteiger partial charge in [-0.1, -0.05) is 55.5 Å². The van der Waals surface area contributed by atoms with E-state index < -0.39 is 23.5 Å². The first-order valence-electron chi connectivity index (χ1n) is 8.38. The Hall–Kier alpha value is -3.02. The second-order valence-corrected chi connectivity index (χ2v) is 6.38. The molecular formula is C20H21NO5. The normalized spacial score (nSPS) is 21.2. The van der Waals surface area contributed by atoms with Crippen molar-refractivity contribution in [1.29, 1.82) is 0 Å². The second-order valence-electron chi connectivity index (χ2n) is 6.38. The van der Waals surface area contributed by atoms with Crippen molar-refractivity contribution in [3.63, 3.8) is 0 Å². The number of benzene rings is 2. The summed E-state index contributed by atoms with van der Waals surface area (Å²) in [6.07, 6.45) is -0.695. The number of hydrogen-bond donors (Lipinski definition) is 1. The predicted octanol–water partition coefficient (Wildman–Crippen LogP) is 3.26. The molecule has 0 fully saturated rings. The molecule has 2 unspecified atom stereocenters. The number of carboxylic acids is 1. The quantitative estimate of drug-likeness (QED) is 0.911. The Labute approximate surface area is 152 Å². The van der Waals surface area contributed by atoms with Gasteiger partial charge in [0.1, 0.15) is 12.4 Å². The number of carbonyl (C=O) groups excluding carboxylic acids is 1. The van der Waals surface area contributed by atoms with Crippen LogP contribution in [-0.2, 0) is 21.7 Å². The smallest absolute Gasteiger partial charge is 0.411 e. The fourth-order valence-electron chi connectivity index (χ4n) is 3.45. The number of aliphatic carboxylic acids is 1. The molecule has 0 saturated carbocycles. The van der Waals surface area contributed by atoms with Crippen molar-refractivity contribution < 1.29 is 24.2 Å². The van der Waals surface area contributed by atoms with E-state index in [9.17, 15) is 14.7 Å². The van der Waals surface area contributed by atoms with Gasteiger partial charge < -0.3 is 14.6 Å². The van der Waals surface area contributed by atoms with Gasteiger partial charge in [-0.15, -0.1) is 0 Å². The maximum atomic E-state index is 12.7. The van der Waals surface area contributed by atoms with Crippen LogP contribution in [0.4, 0.5) is 4.79 Å². The first-order valence-corrected chi connectivity index (χ1v) is 8.38. The highest BCUT2D eigenvalue weighted by atomic mass is 16.6. The van der Waals surface area contributed by atoms with Gasteiger partial charge in [0, 0.05) is 18.5 Å². The van der Waals surface area contributed by atoms with Crippen molar-refractivity contribution in [2.45, 2.75) is 19.1 Å². The fourth-order valence-corrected chi connectivity index (χ4v) is 3.45. The molecular weight excluding hydrogens is 334 g/mol. The summed E-state index contributed by atoms with van der Waals surface area (Å²) in [5.41, 5.74) is -0.271. The third-order valence-electron chi connectivity index (χ3n) is 4.83. The van der Waals surface area contributed by atoms with Gasteiger partial charge in [0.15, 0.2) is 5.54 Å². The topological polar surface area (TPSA) is 76.1 Å². The molecule has 1 amide bonds. The number of ether oxygens (including phenoxy) is 2. The lowest BCUT2D eigenvalue weighted by atomic mass is 9.76. The zero-order valence-corrected chi connectivity index (χ0v) is 14.7. The molecule has 1 N–H and O–H groups in total. The molecule has 0 radical (unpaired) electrons. The van der Waals surface area contributed by atoms with Crippen LogP contribution >= 0.6 is 0 Å². The van der Waals surface area contributed by atoms with Gasteiger partial charge in [0.25, 0.3) is 0 Å². The van der Waals surface area contributed by atoms with Crippen LogP contribution in [0.2, 0.25) is 0 Å². The molecule has 2 atom stereocenters. The largest absolute Gasteiger partial charge is 0.493 e. The minimum Gasteiger partial charge on any atom is -0.493 e. The number of carbonyl (C=O) groups is 2. The highest BCUT2D eigenvalue weighted by Crippen LogP contribution is 2.44. The lowest BCUT2D eigenvalue weighted by Crippen LogP contribution is -2.59. The van der Waals surface area contributed by atoms with Gasteiger partial charge in [0.05, 0.1) is 6.61 Å². The van der Waals surface area contributed by atoms with Crippen molar-refractivity contribution in [2.24, 2.45) is 5.92 Å². The Bertz CT molecular complexity index is 807. The number of carboxylic acid groups (broad SMARTS) is 1. The molecule has 0 aromatic heterocycles. The summed E-state index contributed by atoms with van der Waals surface area (Å²) in [5.74, 6) is -1.10. The monoisotopic (exact) mass is 355 g/mol. The minimum absolute atomic E-state index is 0.0756. The van der Waals surface area contributed by atoms with Crippen molar-refractivity contribution >= 4 is 12.1 Å². The number of fused-ring (bicyclic) bond motifs is 1. The van der Waals surface area contributed by atoms with E-state index in [1.807, 2.05) is 30.3 Å². The molecule has 1 aliphatic rings. The first-order chi connectivity index (χ1) is 12.5. The molecule has 2 aromatic carbocycles. The van der Waals surface area contributed by atoms with Crippen LogP contribution < -0.4 is 4.74 Å². The Morgan fingerprint density at radius 3 is 2.54 bits per heavy atom. The maximum Gasteiger partial charge on any atom is 0.411 e. The van der Waals surface area contributed by atoms with Gasteiger partial charge in [-0.25, -0.2) is 9.59 Å². The standard InChI is InChI=1S/C20H21NO5/c1-14-12-25-17-11-7-6-10-16(17)20(14,18(22)23)21(2)19(24)26-13-15-8-4-3-5-9-15/h3-11,14H,12-13H2,1-2H3,(H,22,23). The van der Waals surface area contributed by atoms with Crippen LogP contribution in [0.3, 0.4) is 0 Å². The summed E-state index contributed by atoms with van der Waals surface area (Å²) in [4.78, 5) is 26.2. The molecule has 0 aliphatic carbocycles. The number of hydrogen-bond acceptors (Lipinski definition) is 4. The van der Waals surface area contributed by atoms with Crippen LogP contribution in [0.1, 0.15) is 18.1 Å². The molecule has 0 bridgehead atoms. The molecule has 26 heavy (non-hydrogen) atoms. The first kappa shape index (κ1) is 17.8. The molecule has 0 spiro atoms. The maximum absolute atomic E-state index is 12.7. The highest BCUT2D eigenvalue weighted by Gasteiger charge is 2.55. The van der Waals surface area contributed by atoms with E-state index in [0.717, 1.165) is 5.56 Å². The zero-order chi connectivity index (χ0) is 18.7. The number of rotatable bonds is 4. The molecule has 3 rings (SSSR count). The summed E-state index contributed by atoms with van der Waals surface area (Å²) < 4.78 is 11.0. The van der Waals surface area contributed by atoms with Crippen molar-refractivity contribution in [2.75, 3.05) is 13.7 Å². The van der Waals surface area contributed by atoms with E-state index in [1.165, 1.54) is 11.9 Å². The summed E-state index contributed by atoms with van der Waals surface area (Å²) in [7, 11) is 1.46. The van der Waals surface area contributed by atoms with Crippen LogP contribution in [0, 0.1) is 5.92 Å². The fraction of sp³-hybridized carbons (Fsp3) is 0.300. The Balaban J connectivity index is 1.92. The van der Waals surface area contributed by atoms with Crippen LogP contribution in [0.5, 0.6) is 5.75 Å². The van der Waals surface area contributed by atoms with Crippen LogP contribution in [-0.4, -0.2) is 35.7 Å². The van der Waals surface area contributed by atoms with Gasteiger partial charge in [0.2, 0.25) is 0 Å². The predicted molar refractivity (Wildman–Crippen MR) is 94.8 cm³/mol. The Morgan fingerprint density at radius 1 is 1.19 bits per heavy atom. The minimum atomic E-state index is -1.55. The summed E-state index contributed by atoms with van der Waals surface area (Å²) in [6.45, 7) is 2.02. The second kappa shape index (κ2) is 7.07. The number of amides is 1. The average molecular weight is 355 g/mol. The van der Waals surface area contributed by atoms with Crippen LogP contribution in [0.15, 0.2) is 54.6 Å². The van der Waals surface area contributed by atoms with Crippen molar-refractivity contribution in [3.05, 3.63) is 65.7 Å². The average Bonchev–Trinajstić information content (AvgIpc) is 2.66. The van der Waals surface area contributed by atoms with E-state index in [1.54, 1.807) is 31.2 Å². The van der Waals surface area contributed by atoms with Crippen molar-refractivity contribution in [1.82, 2.24) is 4.90 Å². The number of nitrogens with zero attached hydrogens (tertiary/aromatic N) is 1. The van der Waals surface area contributed by atoms with Gasteiger partial charge in [-0.3, -0.25) is 4.90 Å². The Morgan fingerprint density at radius 2 is 1.85 bits per heavy atom. The number of para-hydroxylation sites is 1. The molecule has 0 saturated heterocycles. The van der Waals surface area contributed by atoms with E-state index in [0.29, 0.717) is 11.3 Å². The molecule has 6 nitrogen and oxygen atoms in total. The Kier molecular flexibility index (Phi) is 4.84. The third-order valence-corrected chi connectivity index (χ3v) is 4.83.